The van der Waals surface area contributed by atoms with Crippen LogP contribution in [0.1, 0.15) is 28.5 Å². The SMILES string of the molecule is Cc1cc(NC(=O)c2ccc(S(=O)(=O)C(F)(F)F)cc2)n(C2CCS(=O)(=O)C2)n1. The number of alkyl halides is 3. The molecule has 1 N–H and O–H groups in total. The first-order valence-corrected chi connectivity index (χ1v) is 11.6. The Morgan fingerprint density at radius 3 is 2.38 bits per heavy atom. The van der Waals surface area contributed by atoms with E-state index in [2.05, 4.69) is 10.4 Å². The van der Waals surface area contributed by atoms with E-state index in [0.717, 1.165) is 12.1 Å². The maximum absolute atomic E-state index is 12.6. The minimum Gasteiger partial charge on any atom is -0.307 e. The molecule has 1 aromatic heterocycles. The van der Waals surface area contributed by atoms with Crippen LogP contribution in [0.25, 0.3) is 0 Å². The van der Waals surface area contributed by atoms with E-state index in [9.17, 15) is 34.8 Å². The third kappa shape index (κ3) is 4.29. The number of amides is 1. The molecule has 3 rings (SSSR count). The second kappa shape index (κ2) is 7.13. The van der Waals surface area contributed by atoms with Crippen LogP contribution in [0.4, 0.5) is 19.0 Å². The maximum atomic E-state index is 12.6. The third-order valence-electron chi connectivity index (χ3n) is 4.39. The number of rotatable bonds is 4. The highest BCUT2D eigenvalue weighted by molar-refractivity contribution is 7.92. The molecule has 0 saturated carbocycles. The van der Waals surface area contributed by atoms with Gasteiger partial charge in [-0.3, -0.25) is 4.79 Å². The van der Waals surface area contributed by atoms with Crippen molar-refractivity contribution in [2.45, 2.75) is 29.8 Å². The summed E-state index contributed by atoms with van der Waals surface area (Å²) in [5, 5.41) is 6.75. The second-order valence-corrected chi connectivity index (χ2v) is 10.8. The van der Waals surface area contributed by atoms with Crippen LogP contribution in [0.3, 0.4) is 0 Å². The number of carbonyl (C=O) groups excluding carboxylic acids is 1. The Balaban J connectivity index is 1.82. The number of aryl methyl sites for hydroxylation is 1. The Morgan fingerprint density at radius 2 is 1.86 bits per heavy atom. The number of halogens is 3. The Bertz CT molecular complexity index is 1150. The summed E-state index contributed by atoms with van der Waals surface area (Å²) in [7, 11) is -8.69. The summed E-state index contributed by atoms with van der Waals surface area (Å²) < 4.78 is 85.4. The third-order valence-corrected chi connectivity index (χ3v) is 7.64. The normalized spacial score (nSPS) is 19.2. The molecule has 0 bridgehead atoms. The van der Waals surface area contributed by atoms with Gasteiger partial charge in [0.15, 0.2) is 9.84 Å². The van der Waals surface area contributed by atoms with E-state index in [1.54, 1.807) is 6.92 Å². The van der Waals surface area contributed by atoms with E-state index >= 15 is 0 Å². The van der Waals surface area contributed by atoms with Crippen molar-refractivity contribution in [3.05, 3.63) is 41.6 Å². The summed E-state index contributed by atoms with van der Waals surface area (Å²) in [5.74, 6) is -0.565. The average Bonchev–Trinajstić information content (AvgIpc) is 3.15. The zero-order valence-corrected chi connectivity index (χ0v) is 16.6. The van der Waals surface area contributed by atoms with Gasteiger partial charge in [-0.25, -0.2) is 21.5 Å². The monoisotopic (exact) mass is 451 g/mol. The Kier molecular flexibility index (Phi) is 5.24. The van der Waals surface area contributed by atoms with E-state index in [0.29, 0.717) is 24.2 Å². The Labute approximate surface area is 164 Å². The molecule has 1 amide bonds. The number of anilines is 1. The number of nitrogens with zero attached hydrogens (tertiary/aromatic N) is 2. The maximum Gasteiger partial charge on any atom is 0.501 e. The predicted molar refractivity (Wildman–Crippen MR) is 96.9 cm³/mol. The summed E-state index contributed by atoms with van der Waals surface area (Å²) in [6.07, 6.45) is 0.344. The molecule has 1 fully saturated rings. The molecular formula is C16H16F3N3O5S2. The average molecular weight is 451 g/mol. The van der Waals surface area contributed by atoms with Gasteiger partial charge in [-0.2, -0.15) is 18.3 Å². The zero-order chi connectivity index (χ0) is 21.6. The molecular weight excluding hydrogens is 435 g/mol. The molecule has 0 spiro atoms. The van der Waals surface area contributed by atoms with Gasteiger partial charge in [-0.15, -0.1) is 0 Å². The molecule has 8 nitrogen and oxygen atoms in total. The Hall–Kier alpha value is -2.41. The fraction of sp³-hybridized carbons (Fsp3) is 0.375. The van der Waals surface area contributed by atoms with Gasteiger partial charge in [0.2, 0.25) is 0 Å². The number of benzene rings is 1. The van der Waals surface area contributed by atoms with E-state index in [1.807, 2.05) is 0 Å². The van der Waals surface area contributed by atoms with Gasteiger partial charge in [0, 0.05) is 11.6 Å². The molecule has 2 heterocycles. The fourth-order valence-electron chi connectivity index (χ4n) is 2.96. The standard InChI is InChI=1S/C16H16F3N3O5S2/c1-10-8-14(22(21-10)12-6-7-28(24,25)9-12)20-15(23)11-2-4-13(5-3-11)29(26,27)16(17,18)19/h2-5,8,12H,6-7,9H2,1H3,(H,20,23). The largest absolute Gasteiger partial charge is 0.501 e. The lowest BCUT2D eigenvalue weighted by molar-refractivity contribution is -0.0436. The van der Waals surface area contributed by atoms with Gasteiger partial charge in [0.1, 0.15) is 5.82 Å². The van der Waals surface area contributed by atoms with Crippen LogP contribution in [0.5, 0.6) is 0 Å². The molecule has 1 aliphatic heterocycles. The van der Waals surface area contributed by atoms with E-state index in [-0.39, 0.29) is 22.9 Å². The molecule has 1 aliphatic rings. The van der Waals surface area contributed by atoms with E-state index in [1.165, 1.54) is 10.7 Å². The predicted octanol–water partition coefficient (Wildman–Crippen LogP) is 2.10. The quantitative estimate of drug-likeness (QED) is 0.761. The first kappa shape index (κ1) is 21.3. The second-order valence-electron chi connectivity index (χ2n) is 6.60. The summed E-state index contributed by atoms with van der Waals surface area (Å²) in [6, 6.07) is 4.41. The van der Waals surface area contributed by atoms with Crippen molar-refractivity contribution in [2.75, 3.05) is 16.8 Å². The van der Waals surface area contributed by atoms with Crippen LogP contribution in [0.15, 0.2) is 35.2 Å². The van der Waals surface area contributed by atoms with E-state index < -0.39 is 42.0 Å². The highest BCUT2D eigenvalue weighted by atomic mass is 32.2. The minimum atomic E-state index is -5.51. The molecule has 1 unspecified atom stereocenters. The lowest BCUT2D eigenvalue weighted by Crippen LogP contribution is -2.23. The van der Waals surface area contributed by atoms with Gasteiger partial charge in [-0.05, 0) is 37.6 Å². The van der Waals surface area contributed by atoms with Crippen molar-refractivity contribution in [1.82, 2.24) is 9.78 Å². The van der Waals surface area contributed by atoms with Crippen molar-refractivity contribution >= 4 is 31.4 Å². The van der Waals surface area contributed by atoms with Crippen LogP contribution in [0.2, 0.25) is 0 Å². The van der Waals surface area contributed by atoms with Crippen LogP contribution in [0, 0.1) is 6.92 Å². The molecule has 0 aliphatic carbocycles. The van der Waals surface area contributed by atoms with Gasteiger partial charge in [0.25, 0.3) is 15.7 Å². The summed E-state index contributed by atoms with van der Waals surface area (Å²) in [6.45, 7) is 1.66. The molecule has 0 radical (unpaired) electrons. The lowest BCUT2D eigenvalue weighted by Gasteiger charge is -2.14. The number of aromatic nitrogens is 2. The smallest absolute Gasteiger partial charge is 0.307 e. The summed E-state index contributed by atoms with van der Waals surface area (Å²) in [5.41, 5.74) is -4.98. The first-order chi connectivity index (χ1) is 13.3. The number of carbonyl (C=O) groups is 1. The van der Waals surface area contributed by atoms with E-state index in [4.69, 9.17) is 0 Å². The highest BCUT2D eigenvalue weighted by Crippen LogP contribution is 2.30. The molecule has 2 aromatic rings. The van der Waals surface area contributed by atoms with Gasteiger partial charge in [0.05, 0.1) is 28.1 Å². The van der Waals surface area contributed by atoms with Crippen molar-refractivity contribution in [2.24, 2.45) is 0 Å². The van der Waals surface area contributed by atoms with Crippen LogP contribution in [-0.4, -0.2) is 49.5 Å². The molecule has 158 valence electrons. The van der Waals surface area contributed by atoms with Gasteiger partial charge >= 0.3 is 5.51 Å². The van der Waals surface area contributed by atoms with Crippen molar-refractivity contribution in [3.63, 3.8) is 0 Å². The molecule has 13 heteroatoms. The summed E-state index contributed by atoms with van der Waals surface area (Å²) >= 11 is 0. The highest BCUT2D eigenvalue weighted by Gasteiger charge is 2.46. The number of hydrogen-bond acceptors (Lipinski definition) is 6. The fourth-order valence-corrected chi connectivity index (χ4v) is 5.42. The number of sulfone groups is 2. The van der Waals surface area contributed by atoms with Crippen LogP contribution >= 0.6 is 0 Å². The molecule has 1 atom stereocenters. The molecule has 1 saturated heterocycles. The zero-order valence-electron chi connectivity index (χ0n) is 15.0. The number of hydrogen-bond donors (Lipinski definition) is 1. The Morgan fingerprint density at radius 1 is 1.24 bits per heavy atom. The first-order valence-electron chi connectivity index (χ1n) is 8.29. The minimum absolute atomic E-state index is 0.0130. The van der Waals surface area contributed by atoms with Gasteiger partial charge < -0.3 is 5.32 Å². The lowest BCUT2D eigenvalue weighted by atomic mass is 10.2. The van der Waals surface area contributed by atoms with Crippen LogP contribution in [-0.2, 0) is 19.7 Å². The van der Waals surface area contributed by atoms with Crippen molar-refractivity contribution < 1.29 is 34.8 Å². The topological polar surface area (TPSA) is 115 Å². The molecule has 1 aromatic carbocycles. The van der Waals surface area contributed by atoms with Crippen molar-refractivity contribution in [1.29, 1.82) is 0 Å². The van der Waals surface area contributed by atoms with Crippen LogP contribution < -0.4 is 5.32 Å². The summed E-state index contributed by atoms with van der Waals surface area (Å²) in [4.78, 5) is 11.5. The number of nitrogens with one attached hydrogen (secondary N) is 1. The molecule has 29 heavy (non-hydrogen) atoms. The van der Waals surface area contributed by atoms with Crippen molar-refractivity contribution in [3.8, 4) is 0 Å². The van der Waals surface area contributed by atoms with Gasteiger partial charge in [-0.1, -0.05) is 0 Å².